The lowest BCUT2D eigenvalue weighted by Gasteiger charge is -2.32. The summed E-state index contributed by atoms with van der Waals surface area (Å²) in [4.78, 5) is 14.1. The van der Waals surface area contributed by atoms with Gasteiger partial charge in [-0.3, -0.25) is 14.8 Å². The molecule has 7 nitrogen and oxygen atoms in total. The molecular weight excluding hydrogens is 499 g/mol. The average Bonchev–Trinajstić information content (AvgIpc) is 3.20. The predicted molar refractivity (Wildman–Crippen MR) is 132 cm³/mol. The topological polar surface area (TPSA) is 65.0 Å². The second kappa shape index (κ2) is 13.7. The van der Waals surface area contributed by atoms with E-state index >= 15 is 0 Å². The van der Waals surface area contributed by atoms with Gasteiger partial charge in [-0.25, -0.2) is 4.98 Å². The van der Waals surface area contributed by atoms with E-state index in [0.717, 1.165) is 83.9 Å². The number of morpholine rings is 1. The van der Waals surface area contributed by atoms with Crippen LogP contribution in [-0.4, -0.2) is 86.8 Å². The van der Waals surface area contributed by atoms with E-state index in [1.165, 1.54) is 23.5 Å². The molecule has 0 radical (unpaired) electrons. The lowest BCUT2D eigenvalue weighted by Crippen LogP contribution is -2.46. The lowest BCUT2D eigenvalue weighted by atomic mass is 9.97. The summed E-state index contributed by atoms with van der Waals surface area (Å²) < 4.78 is 5.40. The Labute approximate surface area is 196 Å². The highest BCUT2D eigenvalue weighted by molar-refractivity contribution is 14.0. The van der Waals surface area contributed by atoms with Gasteiger partial charge in [0.1, 0.15) is 0 Å². The van der Waals surface area contributed by atoms with Crippen LogP contribution in [0.2, 0.25) is 0 Å². The molecule has 2 aliphatic heterocycles. The molecule has 0 spiro atoms. The number of rotatable bonds is 8. The third kappa shape index (κ3) is 8.64. The summed E-state index contributed by atoms with van der Waals surface area (Å²) in [5.74, 6) is 1.64. The molecule has 3 rings (SSSR count). The first-order valence-corrected chi connectivity index (χ1v) is 11.5. The van der Waals surface area contributed by atoms with Gasteiger partial charge in [0.2, 0.25) is 0 Å². The summed E-state index contributed by atoms with van der Waals surface area (Å²) in [7, 11) is 1.85. The number of thiazole rings is 1. The number of aliphatic imine (C=N–C) groups is 1. The normalized spacial score (nSPS) is 19.7. The molecule has 2 N–H and O–H groups in total. The molecular formula is C20H37IN6OS. The number of guanidine groups is 1. The first-order chi connectivity index (χ1) is 13.8. The highest BCUT2D eigenvalue weighted by Gasteiger charge is 2.20. The molecule has 29 heavy (non-hydrogen) atoms. The van der Waals surface area contributed by atoms with Crippen molar-refractivity contribution in [3.8, 4) is 0 Å². The summed E-state index contributed by atoms with van der Waals surface area (Å²) in [6, 6.07) is 0. The average molecular weight is 537 g/mol. The van der Waals surface area contributed by atoms with Gasteiger partial charge in [0.05, 0.1) is 23.9 Å². The fourth-order valence-corrected chi connectivity index (χ4v) is 4.52. The van der Waals surface area contributed by atoms with Gasteiger partial charge in [-0.15, -0.1) is 35.3 Å². The lowest BCUT2D eigenvalue weighted by molar-refractivity contribution is 0.0389. The standard InChI is InChI=1S/C20H36N6OS.HI/c1-3-19-24-18(16-28-19)15-26-7-4-17(5-8-26)14-23-20(21-2)22-6-9-25-10-12-27-13-11-25;/h16-17H,3-15H2,1-2H3,(H2,21,22,23);1H. The molecule has 0 bridgehead atoms. The zero-order valence-electron chi connectivity index (χ0n) is 17.9. The number of halogens is 1. The van der Waals surface area contributed by atoms with Crippen LogP contribution in [0, 0.1) is 5.92 Å². The fourth-order valence-electron chi connectivity index (χ4n) is 3.78. The number of nitrogens with zero attached hydrogens (tertiary/aromatic N) is 4. The molecule has 2 fully saturated rings. The maximum atomic E-state index is 5.40. The van der Waals surface area contributed by atoms with Crippen LogP contribution in [0.3, 0.4) is 0 Å². The van der Waals surface area contributed by atoms with E-state index in [-0.39, 0.29) is 24.0 Å². The molecule has 0 aliphatic carbocycles. The van der Waals surface area contributed by atoms with Gasteiger partial charge < -0.3 is 15.4 Å². The molecule has 2 aliphatic rings. The molecule has 166 valence electrons. The molecule has 0 aromatic carbocycles. The van der Waals surface area contributed by atoms with Gasteiger partial charge in [0.15, 0.2) is 5.96 Å². The van der Waals surface area contributed by atoms with Gasteiger partial charge in [-0.2, -0.15) is 0 Å². The highest BCUT2D eigenvalue weighted by atomic mass is 127. The minimum atomic E-state index is 0. The molecule has 0 saturated carbocycles. The van der Waals surface area contributed by atoms with Crippen molar-refractivity contribution in [1.82, 2.24) is 25.4 Å². The van der Waals surface area contributed by atoms with Crippen LogP contribution in [0.4, 0.5) is 0 Å². The summed E-state index contributed by atoms with van der Waals surface area (Å²) in [5.41, 5.74) is 1.24. The minimum absolute atomic E-state index is 0. The summed E-state index contributed by atoms with van der Waals surface area (Å²) in [5, 5.41) is 10.4. The number of ether oxygens (including phenoxy) is 1. The number of hydrogen-bond donors (Lipinski definition) is 2. The minimum Gasteiger partial charge on any atom is -0.379 e. The Hall–Kier alpha value is -0.490. The van der Waals surface area contributed by atoms with Gasteiger partial charge in [-0.1, -0.05) is 6.92 Å². The van der Waals surface area contributed by atoms with E-state index in [1.807, 2.05) is 7.05 Å². The van der Waals surface area contributed by atoms with Crippen molar-refractivity contribution in [3.05, 3.63) is 16.1 Å². The van der Waals surface area contributed by atoms with E-state index < -0.39 is 0 Å². The predicted octanol–water partition coefficient (Wildman–Crippen LogP) is 2.03. The Bertz CT molecular complexity index is 600. The van der Waals surface area contributed by atoms with Crippen LogP contribution in [-0.2, 0) is 17.7 Å². The van der Waals surface area contributed by atoms with E-state index in [2.05, 4.69) is 37.7 Å². The summed E-state index contributed by atoms with van der Waals surface area (Å²) >= 11 is 1.79. The zero-order valence-corrected chi connectivity index (χ0v) is 21.0. The number of aromatic nitrogens is 1. The van der Waals surface area contributed by atoms with Crippen molar-refractivity contribution in [2.24, 2.45) is 10.9 Å². The van der Waals surface area contributed by atoms with Crippen LogP contribution in [0.1, 0.15) is 30.5 Å². The highest BCUT2D eigenvalue weighted by Crippen LogP contribution is 2.19. The number of nitrogens with one attached hydrogen (secondary N) is 2. The van der Waals surface area contributed by atoms with Gasteiger partial charge >= 0.3 is 0 Å². The molecule has 3 heterocycles. The van der Waals surface area contributed by atoms with Crippen LogP contribution in [0.15, 0.2) is 10.4 Å². The quantitative estimate of drug-likeness (QED) is 0.301. The monoisotopic (exact) mass is 536 g/mol. The summed E-state index contributed by atoms with van der Waals surface area (Å²) in [6.07, 6.45) is 3.52. The Balaban J connectivity index is 0.00000300. The number of hydrogen-bond acceptors (Lipinski definition) is 6. The second-order valence-electron chi connectivity index (χ2n) is 7.64. The SMILES string of the molecule is CCc1nc(CN2CCC(CNC(=NC)NCCN3CCOCC3)CC2)cs1.I. The number of likely N-dealkylation sites (tertiary alicyclic amines) is 1. The third-order valence-corrected chi connectivity index (χ3v) is 6.64. The second-order valence-corrected chi connectivity index (χ2v) is 8.58. The molecule has 1 aromatic heterocycles. The van der Waals surface area contributed by atoms with Crippen molar-refractivity contribution in [3.63, 3.8) is 0 Å². The Morgan fingerprint density at radius 2 is 1.97 bits per heavy atom. The van der Waals surface area contributed by atoms with Crippen molar-refractivity contribution in [2.45, 2.75) is 32.7 Å². The molecule has 9 heteroatoms. The third-order valence-electron chi connectivity index (χ3n) is 5.60. The molecule has 0 atom stereocenters. The van der Waals surface area contributed by atoms with E-state index in [0.29, 0.717) is 0 Å². The van der Waals surface area contributed by atoms with Crippen molar-refractivity contribution in [2.75, 3.05) is 66.1 Å². The van der Waals surface area contributed by atoms with Crippen molar-refractivity contribution in [1.29, 1.82) is 0 Å². The van der Waals surface area contributed by atoms with Crippen LogP contribution >= 0.6 is 35.3 Å². The Morgan fingerprint density at radius 1 is 1.21 bits per heavy atom. The van der Waals surface area contributed by atoms with Gasteiger partial charge in [0.25, 0.3) is 0 Å². The van der Waals surface area contributed by atoms with E-state index in [9.17, 15) is 0 Å². The maximum absolute atomic E-state index is 5.40. The summed E-state index contributed by atoms with van der Waals surface area (Å²) in [6.45, 7) is 12.2. The van der Waals surface area contributed by atoms with E-state index in [1.54, 1.807) is 11.3 Å². The first kappa shape index (κ1) is 24.8. The van der Waals surface area contributed by atoms with Crippen LogP contribution in [0.25, 0.3) is 0 Å². The van der Waals surface area contributed by atoms with Gasteiger partial charge in [0, 0.05) is 51.7 Å². The maximum Gasteiger partial charge on any atom is 0.191 e. The van der Waals surface area contributed by atoms with Gasteiger partial charge in [-0.05, 0) is 38.3 Å². The Kier molecular flexibility index (Phi) is 11.7. The largest absolute Gasteiger partial charge is 0.379 e. The van der Waals surface area contributed by atoms with Crippen molar-refractivity contribution < 1.29 is 4.74 Å². The number of aryl methyl sites for hydroxylation is 1. The smallest absolute Gasteiger partial charge is 0.191 e. The molecule has 2 saturated heterocycles. The first-order valence-electron chi connectivity index (χ1n) is 10.7. The molecule has 0 unspecified atom stereocenters. The Morgan fingerprint density at radius 3 is 2.62 bits per heavy atom. The van der Waals surface area contributed by atoms with Crippen molar-refractivity contribution >= 4 is 41.3 Å². The zero-order chi connectivity index (χ0) is 19.6. The molecule has 1 aromatic rings. The van der Waals surface area contributed by atoms with E-state index in [4.69, 9.17) is 9.72 Å². The fraction of sp³-hybridized carbons (Fsp3) is 0.800. The van der Waals surface area contributed by atoms with Crippen LogP contribution in [0.5, 0.6) is 0 Å². The molecule has 0 amide bonds. The number of piperidine rings is 1. The van der Waals surface area contributed by atoms with Crippen LogP contribution < -0.4 is 10.6 Å².